The van der Waals surface area contributed by atoms with Crippen molar-refractivity contribution in [2.75, 3.05) is 13.1 Å². The first kappa shape index (κ1) is 12.2. The lowest BCUT2D eigenvalue weighted by Crippen LogP contribution is -2.51. The average molecular weight is 248 g/mol. The highest BCUT2D eigenvalue weighted by Gasteiger charge is 2.43. The van der Waals surface area contributed by atoms with Crippen LogP contribution in [0.3, 0.4) is 0 Å². The predicted octanol–water partition coefficient (Wildman–Crippen LogP) is 1.78. The molecule has 1 amide bonds. The summed E-state index contributed by atoms with van der Waals surface area (Å²) in [5.41, 5.74) is 5.86. The van der Waals surface area contributed by atoms with E-state index >= 15 is 0 Å². The van der Waals surface area contributed by atoms with Crippen LogP contribution < -0.4 is 5.73 Å². The zero-order chi connectivity index (χ0) is 12.7. The van der Waals surface area contributed by atoms with Gasteiger partial charge in [0.25, 0.3) is 0 Å². The van der Waals surface area contributed by atoms with E-state index in [1.54, 1.807) is 0 Å². The van der Waals surface area contributed by atoms with E-state index in [-0.39, 0.29) is 12.0 Å². The normalized spacial score (nSPS) is 42.6. The minimum Gasteiger partial charge on any atom is -0.338 e. The molecule has 0 radical (unpaired) electrons. The van der Waals surface area contributed by atoms with Crippen molar-refractivity contribution in [2.24, 2.45) is 29.4 Å². The first-order chi connectivity index (χ1) is 8.69. The third-order valence-electron chi connectivity index (χ3n) is 5.13. The number of carbonyl (C=O) groups is 1. The molecule has 5 atom stereocenters. The smallest absolute Gasteiger partial charge is 0.226 e. The van der Waals surface area contributed by atoms with Gasteiger partial charge in [0.1, 0.15) is 0 Å². The van der Waals surface area contributed by atoms with Gasteiger partial charge in [-0.15, -0.1) is 0 Å². The third-order valence-corrected chi connectivity index (χ3v) is 5.13. The Kier molecular flexibility index (Phi) is 3.18. The molecule has 18 heavy (non-hydrogen) atoms. The van der Waals surface area contributed by atoms with Gasteiger partial charge in [-0.2, -0.15) is 0 Å². The van der Waals surface area contributed by atoms with Crippen LogP contribution in [0.4, 0.5) is 0 Å². The number of carbonyl (C=O) groups excluding carboxylic acids is 1. The molecule has 0 aromatic rings. The largest absolute Gasteiger partial charge is 0.338 e. The lowest BCUT2D eigenvalue weighted by molar-refractivity contribution is -0.140. The van der Waals surface area contributed by atoms with Crippen LogP contribution in [-0.4, -0.2) is 29.9 Å². The monoisotopic (exact) mass is 248 g/mol. The summed E-state index contributed by atoms with van der Waals surface area (Å²) in [6, 6.07) is 0.282. The quantitative estimate of drug-likeness (QED) is 0.757. The van der Waals surface area contributed by atoms with Crippen LogP contribution in [0, 0.1) is 23.7 Å². The molecule has 3 rings (SSSR count). The number of hydrogen-bond acceptors (Lipinski definition) is 2. The van der Waals surface area contributed by atoms with Crippen LogP contribution in [0.15, 0.2) is 12.2 Å². The highest BCUT2D eigenvalue weighted by Crippen LogP contribution is 2.44. The number of piperidine rings is 1. The second-order valence-electron chi connectivity index (χ2n) is 6.44. The first-order valence-electron chi connectivity index (χ1n) is 7.38. The van der Waals surface area contributed by atoms with Crippen molar-refractivity contribution in [1.82, 2.24) is 4.90 Å². The molecule has 100 valence electrons. The van der Waals surface area contributed by atoms with Gasteiger partial charge in [0.05, 0.1) is 0 Å². The molecule has 2 N–H and O–H groups in total. The molecule has 1 saturated carbocycles. The number of allylic oxidation sites excluding steroid dienone is 2. The second-order valence-corrected chi connectivity index (χ2v) is 6.44. The molecule has 5 unspecified atom stereocenters. The van der Waals surface area contributed by atoms with Crippen molar-refractivity contribution in [2.45, 2.75) is 38.6 Å². The van der Waals surface area contributed by atoms with E-state index in [0.717, 1.165) is 25.8 Å². The minimum absolute atomic E-state index is 0.252. The molecule has 1 heterocycles. The third kappa shape index (κ3) is 1.99. The maximum absolute atomic E-state index is 12.7. The molecular weight excluding hydrogens is 224 g/mol. The number of hydrogen-bond donors (Lipinski definition) is 1. The SMILES string of the molecule is CC1CCN(C(=O)C2CC3C=CC2C3)C(CN)C1. The van der Waals surface area contributed by atoms with E-state index in [1.807, 2.05) is 0 Å². The highest BCUT2D eigenvalue weighted by atomic mass is 16.2. The average Bonchev–Trinajstić information content (AvgIpc) is 3.00. The molecule has 3 heteroatoms. The summed E-state index contributed by atoms with van der Waals surface area (Å²) in [6.07, 6.45) is 9.06. The van der Waals surface area contributed by atoms with Gasteiger partial charge in [-0.1, -0.05) is 19.1 Å². The van der Waals surface area contributed by atoms with Gasteiger partial charge in [-0.25, -0.2) is 0 Å². The molecule has 3 nitrogen and oxygen atoms in total. The Hall–Kier alpha value is -0.830. The van der Waals surface area contributed by atoms with Gasteiger partial charge in [0.15, 0.2) is 0 Å². The van der Waals surface area contributed by atoms with Crippen LogP contribution in [-0.2, 0) is 4.79 Å². The van der Waals surface area contributed by atoms with Gasteiger partial charge in [-0.3, -0.25) is 4.79 Å². The van der Waals surface area contributed by atoms with Crippen molar-refractivity contribution < 1.29 is 4.79 Å². The fraction of sp³-hybridized carbons (Fsp3) is 0.800. The lowest BCUT2D eigenvalue weighted by Gasteiger charge is -2.40. The van der Waals surface area contributed by atoms with E-state index in [9.17, 15) is 4.79 Å². The van der Waals surface area contributed by atoms with E-state index < -0.39 is 0 Å². The topological polar surface area (TPSA) is 46.3 Å². The van der Waals surface area contributed by atoms with Crippen LogP contribution in [0.25, 0.3) is 0 Å². The minimum atomic E-state index is 0.252. The molecule has 1 aliphatic heterocycles. The number of rotatable bonds is 2. The molecule has 2 fully saturated rings. The van der Waals surface area contributed by atoms with Crippen molar-refractivity contribution in [3.8, 4) is 0 Å². The molecule has 2 aliphatic carbocycles. The summed E-state index contributed by atoms with van der Waals surface area (Å²) in [5.74, 6) is 2.53. The summed E-state index contributed by atoms with van der Waals surface area (Å²) in [7, 11) is 0. The zero-order valence-electron chi connectivity index (χ0n) is 11.2. The van der Waals surface area contributed by atoms with Gasteiger partial charge in [-0.05, 0) is 43.4 Å². The fourth-order valence-corrected chi connectivity index (χ4v) is 4.04. The second kappa shape index (κ2) is 4.69. The van der Waals surface area contributed by atoms with E-state index in [0.29, 0.717) is 30.2 Å². The van der Waals surface area contributed by atoms with Gasteiger partial charge >= 0.3 is 0 Å². The Bertz CT molecular complexity index is 366. The van der Waals surface area contributed by atoms with Gasteiger partial charge in [0.2, 0.25) is 5.91 Å². The van der Waals surface area contributed by atoms with Gasteiger partial charge in [0, 0.05) is 25.0 Å². The molecule has 0 spiro atoms. The highest BCUT2D eigenvalue weighted by molar-refractivity contribution is 5.80. The van der Waals surface area contributed by atoms with Crippen molar-refractivity contribution >= 4 is 5.91 Å². The molecular formula is C15H24N2O. The maximum Gasteiger partial charge on any atom is 0.226 e. The lowest BCUT2D eigenvalue weighted by atomic mass is 9.88. The standard InChI is InChI=1S/C15H24N2O/c1-10-4-5-17(13(6-10)9-16)15(18)14-8-11-2-3-12(14)7-11/h2-3,10-14H,4-9,16H2,1H3. The van der Waals surface area contributed by atoms with E-state index in [4.69, 9.17) is 5.73 Å². The molecule has 2 bridgehead atoms. The predicted molar refractivity (Wildman–Crippen MR) is 71.8 cm³/mol. The summed E-state index contributed by atoms with van der Waals surface area (Å²) in [6.45, 7) is 3.80. The van der Waals surface area contributed by atoms with Crippen molar-refractivity contribution in [3.63, 3.8) is 0 Å². The number of likely N-dealkylation sites (tertiary alicyclic amines) is 1. The Balaban J connectivity index is 1.70. The van der Waals surface area contributed by atoms with Crippen molar-refractivity contribution in [3.05, 3.63) is 12.2 Å². The van der Waals surface area contributed by atoms with Crippen molar-refractivity contribution in [1.29, 1.82) is 0 Å². The summed E-state index contributed by atoms with van der Waals surface area (Å²) >= 11 is 0. The van der Waals surface area contributed by atoms with Crippen LogP contribution in [0.1, 0.15) is 32.6 Å². The van der Waals surface area contributed by atoms with E-state index in [2.05, 4.69) is 24.0 Å². The number of nitrogens with zero attached hydrogens (tertiary/aromatic N) is 1. The Morgan fingerprint density at radius 3 is 2.78 bits per heavy atom. The van der Waals surface area contributed by atoms with Gasteiger partial charge < -0.3 is 10.6 Å². The van der Waals surface area contributed by atoms with Crippen LogP contribution >= 0.6 is 0 Å². The number of amides is 1. The Labute approximate surface area is 109 Å². The van der Waals surface area contributed by atoms with Crippen LogP contribution in [0.5, 0.6) is 0 Å². The first-order valence-corrected chi connectivity index (χ1v) is 7.38. The summed E-state index contributed by atoms with van der Waals surface area (Å²) in [4.78, 5) is 14.8. The zero-order valence-corrected chi connectivity index (χ0v) is 11.2. The van der Waals surface area contributed by atoms with E-state index in [1.165, 1.54) is 6.42 Å². The molecule has 3 aliphatic rings. The Morgan fingerprint density at radius 2 is 2.17 bits per heavy atom. The molecule has 0 aromatic carbocycles. The number of nitrogens with two attached hydrogens (primary N) is 1. The van der Waals surface area contributed by atoms with Crippen LogP contribution in [0.2, 0.25) is 0 Å². The summed E-state index contributed by atoms with van der Waals surface area (Å²) in [5, 5.41) is 0. The summed E-state index contributed by atoms with van der Waals surface area (Å²) < 4.78 is 0. The molecule has 1 saturated heterocycles. The maximum atomic E-state index is 12.7. The molecule has 0 aromatic heterocycles. The number of fused-ring (bicyclic) bond motifs is 2. The Morgan fingerprint density at radius 1 is 1.33 bits per heavy atom. The fourth-order valence-electron chi connectivity index (χ4n) is 4.04.